The fraction of sp³-hybridized carbons (Fsp3) is 0.500. The Bertz CT molecular complexity index is 933. The van der Waals surface area contributed by atoms with Gasteiger partial charge in [0.2, 0.25) is 5.95 Å². The molecule has 1 N–H and O–H groups in total. The largest absolute Gasteiger partial charge is 0.493 e. The Balaban J connectivity index is 1.73. The van der Waals surface area contributed by atoms with E-state index in [9.17, 15) is 4.79 Å². The first-order valence-electron chi connectivity index (χ1n) is 9.81. The molecule has 4 rings (SSSR count). The lowest BCUT2D eigenvalue weighted by molar-refractivity contribution is -0.146. The highest BCUT2D eigenvalue weighted by molar-refractivity contribution is 5.92. The molecule has 1 aromatic carbocycles. The molecule has 0 saturated heterocycles. The molecule has 0 amide bonds. The van der Waals surface area contributed by atoms with Crippen molar-refractivity contribution in [2.24, 2.45) is 0 Å². The number of nitrogens with zero attached hydrogens (tertiary/aromatic N) is 4. The SMILES string of the molecule is COc1ccc([C@@H]2C(C(=O)OC3CCCCC3)=C(C)Nc3nnnn32)cc1OC. The highest BCUT2D eigenvalue weighted by Gasteiger charge is 2.36. The average molecular weight is 399 g/mol. The van der Waals surface area contributed by atoms with Gasteiger partial charge < -0.3 is 19.5 Å². The molecule has 0 unspecified atom stereocenters. The molecule has 9 nitrogen and oxygen atoms in total. The Kier molecular flexibility index (Phi) is 5.37. The minimum Gasteiger partial charge on any atom is -0.493 e. The summed E-state index contributed by atoms with van der Waals surface area (Å²) in [6, 6.07) is 4.99. The van der Waals surface area contributed by atoms with Crippen LogP contribution in [0.15, 0.2) is 29.5 Å². The summed E-state index contributed by atoms with van der Waals surface area (Å²) < 4.78 is 18.2. The molecule has 1 aliphatic heterocycles. The fourth-order valence-electron chi connectivity index (χ4n) is 4.01. The van der Waals surface area contributed by atoms with Crippen molar-refractivity contribution in [2.75, 3.05) is 19.5 Å². The summed E-state index contributed by atoms with van der Waals surface area (Å²) in [4.78, 5) is 13.2. The van der Waals surface area contributed by atoms with Crippen molar-refractivity contribution < 1.29 is 19.0 Å². The molecule has 9 heteroatoms. The second-order valence-corrected chi connectivity index (χ2v) is 7.29. The number of methoxy groups -OCH3 is 2. The number of allylic oxidation sites excluding steroid dienone is 1. The summed E-state index contributed by atoms with van der Waals surface area (Å²) in [6.07, 6.45) is 5.14. The lowest BCUT2D eigenvalue weighted by atomic mass is 9.94. The number of anilines is 1. The normalized spacial score (nSPS) is 19.3. The maximum Gasteiger partial charge on any atom is 0.338 e. The van der Waals surface area contributed by atoms with Crippen molar-refractivity contribution in [1.29, 1.82) is 0 Å². The highest BCUT2D eigenvalue weighted by Crippen LogP contribution is 2.39. The van der Waals surface area contributed by atoms with Crippen LogP contribution in [-0.4, -0.2) is 46.5 Å². The number of hydrogen-bond acceptors (Lipinski definition) is 8. The van der Waals surface area contributed by atoms with Crippen LogP contribution in [0, 0.1) is 0 Å². The van der Waals surface area contributed by atoms with E-state index in [-0.39, 0.29) is 12.1 Å². The number of carbonyl (C=O) groups is 1. The van der Waals surface area contributed by atoms with Crippen LogP contribution in [-0.2, 0) is 9.53 Å². The molecule has 2 aliphatic rings. The third-order valence-corrected chi connectivity index (χ3v) is 5.48. The maximum atomic E-state index is 13.2. The monoisotopic (exact) mass is 399 g/mol. The van der Waals surface area contributed by atoms with Crippen LogP contribution < -0.4 is 14.8 Å². The molecule has 2 aromatic rings. The first-order chi connectivity index (χ1) is 14.1. The van der Waals surface area contributed by atoms with Gasteiger partial charge in [-0.15, -0.1) is 0 Å². The molecule has 0 bridgehead atoms. The van der Waals surface area contributed by atoms with Gasteiger partial charge in [-0.3, -0.25) is 0 Å². The van der Waals surface area contributed by atoms with Gasteiger partial charge in [0.15, 0.2) is 11.5 Å². The lowest BCUT2D eigenvalue weighted by Crippen LogP contribution is -2.32. The lowest BCUT2D eigenvalue weighted by Gasteiger charge is -2.29. The summed E-state index contributed by atoms with van der Waals surface area (Å²) >= 11 is 0. The van der Waals surface area contributed by atoms with E-state index in [4.69, 9.17) is 14.2 Å². The minimum atomic E-state index is -0.530. The van der Waals surface area contributed by atoms with E-state index >= 15 is 0 Å². The van der Waals surface area contributed by atoms with Gasteiger partial charge in [0.25, 0.3) is 0 Å². The Morgan fingerprint density at radius 3 is 2.62 bits per heavy atom. The van der Waals surface area contributed by atoms with Gasteiger partial charge in [-0.05, 0) is 60.7 Å². The summed E-state index contributed by atoms with van der Waals surface area (Å²) in [7, 11) is 3.16. The Hall–Kier alpha value is -3.10. The second-order valence-electron chi connectivity index (χ2n) is 7.29. The molecule has 1 saturated carbocycles. The van der Waals surface area contributed by atoms with Gasteiger partial charge >= 0.3 is 5.97 Å². The van der Waals surface area contributed by atoms with Gasteiger partial charge in [-0.1, -0.05) is 17.6 Å². The van der Waals surface area contributed by atoms with E-state index < -0.39 is 6.04 Å². The molecule has 154 valence electrons. The third kappa shape index (κ3) is 3.64. The molecule has 0 spiro atoms. The third-order valence-electron chi connectivity index (χ3n) is 5.48. The van der Waals surface area contributed by atoms with Crippen LogP contribution in [0.4, 0.5) is 5.95 Å². The van der Waals surface area contributed by atoms with Gasteiger partial charge in [0, 0.05) is 5.70 Å². The number of aromatic nitrogens is 4. The van der Waals surface area contributed by atoms with Crippen molar-refractivity contribution in [2.45, 2.75) is 51.2 Å². The number of nitrogens with one attached hydrogen (secondary N) is 1. The number of esters is 1. The number of rotatable bonds is 5. The summed E-state index contributed by atoms with van der Waals surface area (Å²) in [5.41, 5.74) is 1.96. The van der Waals surface area contributed by atoms with Gasteiger partial charge in [0.05, 0.1) is 19.8 Å². The van der Waals surface area contributed by atoms with E-state index in [1.807, 2.05) is 19.1 Å². The van der Waals surface area contributed by atoms with E-state index in [0.29, 0.717) is 28.7 Å². The maximum absolute atomic E-state index is 13.2. The smallest absolute Gasteiger partial charge is 0.338 e. The van der Waals surface area contributed by atoms with Crippen molar-refractivity contribution in [3.05, 3.63) is 35.0 Å². The summed E-state index contributed by atoms with van der Waals surface area (Å²) in [6.45, 7) is 1.84. The molecule has 1 aromatic heterocycles. The summed E-state index contributed by atoms with van der Waals surface area (Å²) in [5.74, 6) is 1.30. The van der Waals surface area contributed by atoms with Gasteiger partial charge in [0.1, 0.15) is 12.1 Å². The quantitative estimate of drug-likeness (QED) is 0.766. The average Bonchev–Trinajstić information content (AvgIpc) is 3.20. The molecule has 2 heterocycles. The Labute approximate surface area is 169 Å². The molecular weight excluding hydrogens is 374 g/mol. The fourth-order valence-corrected chi connectivity index (χ4v) is 4.01. The highest BCUT2D eigenvalue weighted by atomic mass is 16.5. The van der Waals surface area contributed by atoms with E-state index in [1.165, 1.54) is 6.42 Å². The zero-order valence-corrected chi connectivity index (χ0v) is 16.8. The second kappa shape index (κ2) is 8.10. The number of fused-ring (bicyclic) bond motifs is 1. The van der Waals surface area contributed by atoms with Crippen LogP contribution >= 0.6 is 0 Å². The first kappa shape index (κ1) is 19.2. The van der Waals surface area contributed by atoms with Crippen LogP contribution in [0.25, 0.3) is 0 Å². The molecule has 1 aliphatic carbocycles. The van der Waals surface area contributed by atoms with E-state index in [1.54, 1.807) is 25.0 Å². The zero-order valence-electron chi connectivity index (χ0n) is 16.8. The van der Waals surface area contributed by atoms with E-state index in [2.05, 4.69) is 20.8 Å². The van der Waals surface area contributed by atoms with Gasteiger partial charge in [-0.25, -0.2) is 4.79 Å². The zero-order chi connectivity index (χ0) is 20.4. The Morgan fingerprint density at radius 1 is 1.14 bits per heavy atom. The predicted molar refractivity (Wildman–Crippen MR) is 105 cm³/mol. The van der Waals surface area contributed by atoms with Crippen LogP contribution in [0.1, 0.15) is 50.6 Å². The van der Waals surface area contributed by atoms with Crippen LogP contribution in [0.2, 0.25) is 0 Å². The molecule has 29 heavy (non-hydrogen) atoms. The number of carbonyl (C=O) groups excluding carboxylic acids is 1. The molecule has 1 fully saturated rings. The van der Waals surface area contributed by atoms with Crippen molar-refractivity contribution in [3.63, 3.8) is 0 Å². The van der Waals surface area contributed by atoms with Crippen LogP contribution in [0.5, 0.6) is 11.5 Å². The van der Waals surface area contributed by atoms with Gasteiger partial charge in [-0.2, -0.15) is 4.68 Å². The number of tetrazole rings is 1. The van der Waals surface area contributed by atoms with Crippen molar-refractivity contribution in [1.82, 2.24) is 20.2 Å². The van der Waals surface area contributed by atoms with Crippen molar-refractivity contribution >= 4 is 11.9 Å². The van der Waals surface area contributed by atoms with Crippen molar-refractivity contribution in [3.8, 4) is 11.5 Å². The molecular formula is C20H25N5O4. The molecule has 0 radical (unpaired) electrons. The van der Waals surface area contributed by atoms with E-state index in [0.717, 1.165) is 31.2 Å². The molecule has 1 atom stereocenters. The predicted octanol–water partition coefficient (Wildman–Crippen LogP) is 2.86. The Morgan fingerprint density at radius 2 is 1.90 bits per heavy atom. The number of benzene rings is 1. The van der Waals surface area contributed by atoms with Crippen LogP contribution in [0.3, 0.4) is 0 Å². The number of ether oxygens (including phenoxy) is 3. The topological polar surface area (TPSA) is 100 Å². The first-order valence-corrected chi connectivity index (χ1v) is 9.81. The summed E-state index contributed by atoms with van der Waals surface area (Å²) in [5, 5.41) is 15.0. The number of hydrogen-bond donors (Lipinski definition) is 1. The standard InChI is InChI=1S/C20H25N5O4/c1-12-17(19(26)29-14-7-5-4-6-8-14)18(25-20(21-12)22-23-24-25)13-9-10-15(27-2)16(11-13)28-3/h9-11,14,18H,4-8H2,1-3H3,(H,21,22,24)/t18-/m1/s1. The minimum absolute atomic E-state index is 0.0436.